The van der Waals surface area contributed by atoms with E-state index in [1.165, 1.54) is 5.56 Å². The number of anilines is 3. The Kier molecular flexibility index (Phi) is 3.78. The zero-order valence-corrected chi connectivity index (χ0v) is 11.6. The third-order valence-corrected chi connectivity index (χ3v) is 3.49. The van der Waals surface area contributed by atoms with Crippen molar-refractivity contribution in [3.63, 3.8) is 0 Å². The summed E-state index contributed by atoms with van der Waals surface area (Å²) < 4.78 is 0. The van der Waals surface area contributed by atoms with Crippen molar-refractivity contribution in [2.24, 2.45) is 0 Å². The molecule has 0 atom stereocenters. The lowest BCUT2D eigenvalue weighted by molar-refractivity contribution is 0.585. The molecule has 0 unspecified atom stereocenters. The van der Waals surface area contributed by atoms with Crippen LogP contribution in [0, 0.1) is 6.92 Å². The molecule has 0 bridgehead atoms. The van der Waals surface area contributed by atoms with Gasteiger partial charge in [-0.25, -0.2) is 9.97 Å². The fourth-order valence-electron chi connectivity index (χ4n) is 2.37. The van der Waals surface area contributed by atoms with E-state index in [4.69, 9.17) is 0 Å². The van der Waals surface area contributed by atoms with Gasteiger partial charge in [0.15, 0.2) is 11.6 Å². The first-order valence-electron chi connectivity index (χ1n) is 6.94. The molecule has 1 aliphatic rings. The van der Waals surface area contributed by atoms with E-state index in [0.717, 1.165) is 43.5 Å². The summed E-state index contributed by atoms with van der Waals surface area (Å²) in [6.45, 7) is 5.98. The van der Waals surface area contributed by atoms with Crippen LogP contribution in [0.25, 0.3) is 0 Å². The molecular formula is C15H19N5. The predicted molar refractivity (Wildman–Crippen MR) is 81.6 cm³/mol. The molecule has 5 nitrogen and oxygen atoms in total. The lowest BCUT2D eigenvalue weighted by Crippen LogP contribution is -2.44. The van der Waals surface area contributed by atoms with Crippen molar-refractivity contribution < 1.29 is 0 Å². The molecule has 0 spiro atoms. The summed E-state index contributed by atoms with van der Waals surface area (Å²) in [5, 5.41) is 6.75. The molecule has 20 heavy (non-hydrogen) atoms. The van der Waals surface area contributed by atoms with Crippen LogP contribution < -0.4 is 15.5 Å². The van der Waals surface area contributed by atoms with Crippen molar-refractivity contribution in [3.8, 4) is 0 Å². The number of rotatable bonds is 3. The van der Waals surface area contributed by atoms with Gasteiger partial charge in [-0.3, -0.25) is 0 Å². The van der Waals surface area contributed by atoms with E-state index in [0.29, 0.717) is 0 Å². The van der Waals surface area contributed by atoms with Crippen LogP contribution in [0.1, 0.15) is 5.56 Å². The molecule has 0 aliphatic carbocycles. The van der Waals surface area contributed by atoms with Gasteiger partial charge < -0.3 is 15.5 Å². The minimum Gasteiger partial charge on any atom is -0.351 e. The molecule has 0 radical (unpaired) electrons. The number of aryl methyl sites for hydroxylation is 1. The zero-order valence-electron chi connectivity index (χ0n) is 11.6. The van der Waals surface area contributed by atoms with Crippen molar-refractivity contribution in [3.05, 3.63) is 42.2 Å². The van der Waals surface area contributed by atoms with E-state index in [-0.39, 0.29) is 0 Å². The van der Waals surface area contributed by atoms with Crippen molar-refractivity contribution in [1.29, 1.82) is 0 Å². The molecule has 2 aromatic rings. The lowest BCUT2D eigenvalue weighted by atomic mass is 10.2. The summed E-state index contributed by atoms with van der Waals surface area (Å²) in [7, 11) is 0. The van der Waals surface area contributed by atoms with Gasteiger partial charge in [0.2, 0.25) is 0 Å². The molecule has 0 saturated carbocycles. The van der Waals surface area contributed by atoms with Gasteiger partial charge in [-0.15, -0.1) is 0 Å². The molecule has 1 aromatic heterocycles. The summed E-state index contributed by atoms with van der Waals surface area (Å²) in [6.07, 6.45) is 3.48. The second kappa shape index (κ2) is 5.88. The topological polar surface area (TPSA) is 53.1 Å². The van der Waals surface area contributed by atoms with Gasteiger partial charge >= 0.3 is 0 Å². The Balaban J connectivity index is 1.88. The van der Waals surface area contributed by atoms with E-state index < -0.39 is 0 Å². The van der Waals surface area contributed by atoms with E-state index in [9.17, 15) is 0 Å². The smallest absolute Gasteiger partial charge is 0.173 e. The molecule has 104 valence electrons. The molecule has 1 saturated heterocycles. The lowest BCUT2D eigenvalue weighted by Gasteiger charge is -2.29. The SMILES string of the molecule is Cc1ccccc1Nc1nccnc1N1CCNCC1. The minimum atomic E-state index is 0.823. The first-order valence-corrected chi connectivity index (χ1v) is 6.94. The Morgan fingerprint density at radius 3 is 2.65 bits per heavy atom. The fourth-order valence-corrected chi connectivity index (χ4v) is 2.37. The van der Waals surface area contributed by atoms with Crippen LogP contribution in [-0.2, 0) is 0 Å². The fraction of sp³-hybridized carbons (Fsp3) is 0.333. The standard InChI is InChI=1S/C15H19N5/c1-12-4-2-3-5-13(12)19-14-15(18-7-6-17-14)20-10-8-16-9-11-20/h2-7,16H,8-11H2,1H3,(H,17,19). The van der Waals surface area contributed by atoms with Gasteiger partial charge in [-0.1, -0.05) is 18.2 Å². The molecule has 1 aliphatic heterocycles. The van der Waals surface area contributed by atoms with E-state index >= 15 is 0 Å². The van der Waals surface area contributed by atoms with Crippen LogP contribution >= 0.6 is 0 Å². The molecule has 0 amide bonds. The summed E-state index contributed by atoms with van der Waals surface area (Å²) in [5.74, 6) is 1.75. The molecule has 1 aromatic carbocycles. The van der Waals surface area contributed by atoms with E-state index in [2.05, 4.69) is 44.6 Å². The Bertz CT molecular complexity index is 578. The number of benzene rings is 1. The van der Waals surface area contributed by atoms with Crippen molar-refractivity contribution >= 4 is 17.3 Å². The number of nitrogens with one attached hydrogen (secondary N) is 2. The van der Waals surface area contributed by atoms with Gasteiger partial charge in [0.05, 0.1) is 0 Å². The quantitative estimate of drug-likeness (QED) is 0.892. The number of piperazine rings is 1. The summed E-state index contributed by atoms with van der Waals surface area (Å²) in [6, 6.07) is 8.21. The number of aromatic nitrogens is 2. The third-order valence-electron chi connectivity index (χ3n) is 3.49. The molecule has 3 rings (SSSR count). The summed E-state index contributed by atoms with van der Waals surface area (Å²) in [5.41, 5.74) is 2.27. The third kappa shape index (κ3) is 2.72. The largest absolute Gasteiger partial charge is 0.351 e. The molecule has 2 heterocycles. The highest BCUT2D eigenvalue weighted by atomic mass is 15.3. The van der Waals surface area contributed by atoms with Crippen molar-refractivity contribution in [2.75, 3.05) is 36.4 Å². The Labute approximate surface area is 119 Å². The van der Waals surface area contributed by atoms with Gasteiger partial charge in [0.25, 0.3) is 0 Å². The monoisotopic (exact) mass is 269 g/mol. The maximum Gasteiger partial charge on any atom is 0.173 e. The van der Waals surface area contributed by atoms with Gasteiger partial charge in [0, 0.05) is 44.3 Å². The maximum atomic E-state index is 4.50. The number of nitrogens with zero attached hydrogens (tertiary/aromatic N) is 3. The maximum absolute atomic E-state index is 4.50. The second-order valence-corrected chi connectivity index (χ2v) is 4.91. The van der Waals surface area contributed by atoms with Gasteiger partial charge in [-0.05, 0) is 18.6 Å². The number of para-hydroxylation sites is 1. The summed E-state index contributed by atoms with van der Waals surface area (Å²) >= 11 is 0. The highest BCUT2D eigenvalue weighted by Crippen LogP contribution is 2.25. The van der Waals surface area contributed by atoms with Crippen molar-refractivity contribution in [1.82, 2.24) is 15.3 Å². The second-order valence-electron chi connectivity index (χ2n) is 4.91. The van der Waals surface area contributed by atoms with Crippen LogP contribution in [0.4, 0.5) is 17.3 Å². The molecule has 1 fully saturated rings. The average Bonchev–Trinajstić information content (AvgIpc) is 2.51. The van der Waals surface area contributed by atoms with Crippen LogP contribution in [0.15, 0.2) is 36.7 Å². The summed E-state index contributed by atoms with van der Waals surface area (Å²) in [4.78, 5) is 11.2. The van der Waals surface area contributed by atoms with Crippen molar-refractivity contribution in [2.45, 2.75) is 6.92 Å². The average molecular weight is 269 g/mol. The number of hydrogen-bond donors (Lipinski definition) is 2. The van der Waals surface area contributed by atoms with Crippen LogP contribution in [0.3, 0.4) is 0 Å². The van der Waals surface area contributed by atoms with Crippen LogP contribution in [0.5, 0.6) is 0 Å². The molecule has 2 N–H and O–H groups in total. The molecule has 5 heteroatoms. The normalized spacial score (nSPS) is 15.2. The predicted octanol–water partition coefficient (Wildman–Crippen LogP) is 1.94. The number of hydrogen-bond acceptors (Lipinski definition) is 5. The van der Waals surface area contributed by atoms with E-state index in [1.807, 2.05) is 12.1 Å². The van der Waals surface area contributed by atoms with Gasteiger partial charge in [-0.2, -0.15) is 0 Å². The minimum absolute atomic E-state index is 0.823. The first-order chi connectivity index (χ1) is 9.84. The first kappa shape index (κ1) is 12.9. The van der Waals surface area contributed by atoms with Crippen LogP contribution in [0.2, 0.25) is 0 Å². The van der Waals surface area contributed by atoms with Crippen LogP contribution in [-0.4, -0.2) is 36.1 Å². The highest BCUT2D eigenvalue weighted by molar-refractivity contribution is 5.69. The highest BCUT2D eigenvalue weighted by Gasteiger charge is 2.16. The zero-order chi connectivity index (χ0) is 13.8. The molecular weight excluding hydrogens is 250 g/mol. The Morgan fingerprint density at radius 2 is 1.85 bits per heavy atom. The van der Waals surface area contributed by atoms with Gasteiger partial charge in [0.1, 0.15) is 0 Å². The Hall–Kier alpha value is -2.14. The Morgan fingerprint density at radius 1 is 1.10 bits per heavy atom. The van der Waals surface area contributed by atoms with E-state index in [1.54, 1.807) is 12.4 Å².